The molecule has 0 saturated heterocycles. The Morgan fingerprint density at radius 1 is 0.840 bits per heavy atom. The van der Waals surface area contributed by atoms with Crippen LogP contribution >= 0.6 is 0 Å². The van der Waals surface area contributed by atoms with E-state index in [1.165, 1.54) is 20.8 Å². The normalized spacial score (nSPS) is 14.5. The molecule has 3 atom stereocenters. The van der Waals surface area contributed by atoms with Crippen molar-refractivity contribution in [3.05, 3.63) is 0 Å². The van der Waals surface area contributed by atoms with Gasteiger partial charge in [0.1, 0.15) is 23.7 Å². The number of hydrogen-bond acceptors (Lipinski definition) is 6. The summed E-state index contributed by atoms with van der Waals surface area (Å²) in [5.41, 5.74) is -0.684. The van der Waals surface area contributed by atoms with Crippen LogP contribution in [0, 0.1) is 0 Å². The standard InChI is InChI=1S/C16H29N3O6/c1-8-24-14(22)11(4)18-12(20)9(2)17-13(21)10(3)19-15(23)25-16(5,6)7/h9-11H,8H2,1-7H3,(H,17,21)(H,18,20)(H,19,23). The van der Waals surface area contributed by atoms with Gasteiger partial charge in [0.05, 0.1) is 6.61 Å². The molecule has 0 fully saturated rings. The van der Waals surface area contributed by atoms with Gasteiger partial charge < -0.3 is 25.4 Å². The third-order valence-corrected chi connectivity index (χ3v) is 2.88. The minimum Gasteiger partial charge on any atom is -0.464 e. The zero-order chi connectivity index (χ0) is 19.8. The van der Waals surface area contributed by atoms with Crippen molar-refractivity contribution in [2.75, 3.05) is 6.61 Å². The first-order valence-electron chi connectivity index (χ1n) is 8.14. The summed E-state index contributed by atoms with van der Waals surface area (Å²) in [6, 6.07) is -2.62. The highest BCUT2D eigenvalue weighted by molar-refractivity contribution is 5.92. The Kier molecular flexibility index (Phi) is 8.94. The minimum atomic E-state index is -0.896. The Labute approximate surface area is 148 Å². The van der Waals surface area contributed by atoms with Crippen molar-refractivity contribution < 1.29 is 28.7 Å². The molecule has 0 bridgehead atoms. The van der Waals surface area contributed by atoms with Crippen LogP contribution in [0.15, 0.2) is 0 Å². The monoisotopic (exact) mass is 359 g/mol. The fourth-order valence-corrected chi connectivity index (χ4v) is 1.62. The van der Waals surface area contributed by atoms with E-state index in [0.29, 0.717) is 0 Å². The van der Waals surface area contributed by atoms with Crippen molar-refractivity contribution in [3.8, 4) is 0 Å². The number of carbonyl (C=O) groups excluding carboxylic acids is 4. The van der Waals surface area contributed by atoms with Crippen molar-refractivity contribution >= 4 is 23.9 Å². The van der Waals surface area contributed by atoms with E-state index in [9.17, 15) is 19.2 Å². The molecule has 0 radical (unpaired) electrons. The number of ether oxygens (including phenoxy) is 2. The Morgan fingerprint density at radius 3 is 1.72 bits per heavy atom. The van der Waals surface area contributed by atoms with Crippen molar-refractivity contribution in [3.63, 3.8) is 0 Å². The smallest absolute Gasteiger partial charge is 0.408 e. The van der Waals surface area contributed by atoms with Crippen molar-refractivity contribution in [1.82, 2.24) is 16.0 Å². The van der Waals surface area contributed by atoms with Gasteiger partial charge in [0.2, 0.25) is 11.8 Å². The van der Waals surface area contributed by atoms with Crippen LogP contribution in [0.4, 0.5) is 4.79 Å². The minimum absolute atomic E-state index is 0.208. The van der Waals surface area contributed by atoms with Gasteiger partial charge in [-0.1, -0.05) is 0 Å². The Bertz CT molecular complexity index is 501. The summed E-state index contributed by atoms with van der Waals surface area (Å²) in [4.78, 5) is 47.1. The molecule has 0 rings (SSSR count). The molecule has 0 aromatic heterocycles. The molecule has 0 aromatic rings. The first-order chi connectivity index (χ1) is 11.4. The molecule has 9 nitrogen and oxygen atoms in total. The first kappa shape index (κ1) is 22.7. The van der Waals surface area contributed by atoms with E-state index in [-0.39, 0.29) is 6.61 Å². The highest BCUT2D eigenvalue weighted by Gasteiger charge is 2.25. The van der Waals surface area contributed by atoms with Crippen LogP contribution in [0.25, 0.3) is 0 Å². The number of alkyl carbamates (subject to hydrolysis) is 1. The maximum absolute atomic E-state index is 12.0. The molecule has 0 aliphatic carbocycles. The summed E-state index contributed by atoms with van der Waals surface area (Å²) in [6.45, 7) is 11.4. The van der Waals surface area contributed by atoms with Crippen molar-refractivity contribution in [1.29, 1.82) is 0 Å². The number of carbonyl (C=O) groups is 4. The zero-order valence-corrected chi connectivity index (χ0v) is 15.9. The molecule has 0 saturated carbocycles. The van der Waals surface area contributed by atoms with Gasteiger partial charge in [0.25, 0.3) is 0 Å². The molecule has 0 heterocycles. The predicted molar refractivity (Wildman–Crippen MR) is 90.7 cm³/mol. The SMILES string of the molecule is CCOC(=O)C(C)NC(=O)C(C)NC(=O)C(C)NC(=O)OC(C)(C)C. The molecule has 0 aromatic carbocycles. The largest absolute Gasteiger partial charge is 0.464 e. The van der Waals surface area contributed by atoms with Crippen LogP contribution in [0.5, 0.6) is 0 Å². The summed E-state index contributed by atoms with van der Waals surface area (Å²) in [5, 5.41) is 7.27. The molecule has 0 spiro atoms. The van der Waals surface area contributed by atoms with Crippen molar-refractivity contribution in [2.45, 2.75) is 72.2 Å². The van der Waals surface area contributed by atoms with Crippen LogP contribution in [-0.4, -0.2) is 54.2 Å². The van der Waals surface area contributed by atoms with Crippen LogP contribution in [-0.2, 0) is 23.9 Å². The predicted octanol–water partition coefficient (Wildman–Crippen LogP) is 0.472. The number of hydrogen-bond donors (Lipinski definition) is 3. The molecule has 0 aliphatic rings. The molecule has 0 aliphatic heterocycles. The topological polar surface area (TPSA) is 123 Å². The van der Waals surface area contributed by atoms with Crippen LogP contribution in [0.3, 0.4) is 0 Å². The second-order valence-electron chi connectivity index (χ2n) is 6.58. The van der Waals surface area contributed by atoms with Crippen LogP contribution in [0.2, 0.25) is 0 Å². The van der Waals surface area contributed by atoms with Crippen LogP contribution in [0.1, 0.15) is 48.5 Å². The molecule has 3 N–H and O–H groups in total. The van der Waals surface area contributed by atoms with Crippen LogP contribution < -0.4 is 16.0 Å². The maximum Gasteiger partial charge on any atom is 0.408 e. The number of esters is 1. The van der Waals surface area contributed by atoms with E-state index in [1.54, 1.807) is 27.7 Å². The lowest BCUT2D eigenvalue weighted by Crippen LogP contribution is -2.54. The number of rotatable bonds is 7. The highest BCUT2D eigenvalue weighted by Crippen LogP contribution is 2.06. The van der Waals surface area contributed by atoms with Gasteiger partial charge >= 0.3 is 12.1 Å². The highest BCUT2D eigenvalue weighted by atomic mass is 16.6. The fourth-order valence-electron chi connectivity index (χ4n) is 1.62. The molecule has 25 heavy (non-hydrogen) atoms. The lowest BCUT2D eigenvalue weighted by molar-refractivity contribution is -0.147. The average molecular weight is 359 g/mol. The van der Waals surface area contributed by atoms with E-state index >= 15 is 0 Å². The van der Waals surface area contributed by atoms with E-state index < -0.39 is 47.6 Å². The lowest BCUT2D eigenvalue weighted by Gasteiger charge is -2.23. The average Bonchev–Trinajstić information content (AvgIpc) is 2.44. The zero-order valence-electron chi connectivity index (χ0n) is 15.9. The second kappa shape index (κ2) is 9.85. The molecular formula is C16H29N3O6. The van der Waals surface area contributed by atoms with E-state index in [1.807, 2.05) is 0 Å². The van der Waals surface area contributed by atoms with Gasteiger partial charge in [-0.05, 0) is 48.5 Å². The summed E-state index contributed by atoms with van der Waals surface area (Å²) in [5.74, 6) is -1.66. The molecule has 3 amide bonds. The number of amides is 3. The van der Waals surface area contributed by atoms with Gasteiger partial charge in [-0.15, -0.1) is 0 Å². The van der Waals surface area contributed by atoms with Gasteiger partial charge in [-0.3, -0.25) is 9.59 Å². The Morgan fingerprint density at radius 2 is 1.28 bits per heavy atom. The maximum atomic E-state index is 12.0. The van der Waals surface area contributed by atoms with Gasteiger partial charge in [-0.2, -0.15) is 0 Å². The first-order valence-corrected chi connectivity index (χ1v) is 8.14. The summed E-state index contributed by atoms with van der Waals surface area (Å²) >= 11 is 0. The van der Waals surface area contributed by atoms with Crippen molar-refractivity contribution in [2.24, 2.45) is 0 Å². The third kappa shape index (κ3) is 9.53. The second-order valence-corrected chi connectivity index (χ2v) is 6.58. The molecular weight excluding hydrogens is 330 g/mol. The molecule has 9 heteroatoms. The fraction of sp³-hybridized carbons (Fsp3) is 0.750. The third-order valence-electron chi connectivity index (χ3n) is 2.88. The number of nitrogens with one attached hydrogen (secondary N) is 3. The summed E-state index contributed by atoms with van der Waals surface area (Å²) < 4.78 is 9.84. The van der Waals surface area contributed by atoms with E-state index in [4.69, 9.17) is 9.47 Å². The quantitative estimate of drug-likeness (QED) is 0.568. The molecule has 3 unspecified atom stereocenters. The summed E-state index contributed by atoms with van der Waals surface area (Å²) in [6.07, 6.45) is -0.733. The Balaban J connectivity index is 4.46. The van der Waals surface area contributed by atoms with Gasteiger partial charge in [0, 0.05) is 0 Å². The molecule has 144 valence electrons. The van der Waals surface area contributed by atoms with E-state index in [0.717, 1.165) is 0 Å². The summed E-state index contributed by atoms with van der Waals surface area (Å²) in [7, 11) is 0. The Hall–Kier alpha value is -2.32. The van der Waals surface area contributed by atoms with Gasteiger partial charge in [-0.25, -0.2) is 9.59 Å². The van der Waals surface area contributed by atoms with E-state index in [2.05, 4.69) is 16.0 Å². The lowest BCUT2D eigenvalue weighted by atomic mass is 10.2. The van der Waals surface area contributed by atoms with Gasteiger partial charge in [0.15, 0.2) is 0 Å².